The van der Waals surface area contributed by atoms with Crippen LogP contribution >= 0.6 is 0 Å². The lowest BCUT2D eigenvalue weighted by Crippen LogP contribution is -2.68. The zero-order valence-electron chi connectivity index (χ0n) is 16.4. The number of hydrogen-bond acceptors (Lipinski definition) is 8. The monoisotopic (exact) mass is 453 g/mol. The highest BCUT2D eigenvalue weighted by atomic mass is 35.7. The van der Waals surface area contributed by atoms with Crippen LogP contribution in [0.3, 0.4) is 0 Å². The second-order valence-electron chi connectivity index (χ2n) is 6.87. The Hall–Kier alpha value is -2.77. The van der Waals surface area contributed by atoms with Gasteiger partial charge in [-0.15, -0.1) is 25.3 Å². The van der Waals surface area contributed by atoms with Crippen molar-refractivity contribution in [2.45, 2.75) is 51.4 Å². The highest BCUT2D eigenvalue weighted by molar-refractivity contribution is 6.02. The topological polar surface area (TPSA) is 185 Å². The first-order valence-corrected chi connectivity index (χ1v) is 10.8. The molecule has 2 aromatic rings. The van der Waals surface area contributed by atoms with Gasteiger partial charge in [-0.05, 0) is 68.7 Å². The van der Waals surface area contributed by atoms with Crippen molar-refractivity contribution in [3.63, 3.8) is 0 Å². The quantitative estimate of drug-likeness (QED) is 0.285. The average Bonchev–Trinajstić information content (AvgIpc) is 3.40. The first-order chi connectivity index (χ1) is 14.8. The normalized spacial score (nSPS) is 16.0. The third-order valence-corrected chi connectivity index (χ3v) is 4.59. The van der Waals surface area contributed by atoms with Crippen molar-refractivity contribution < 1.29 is 38.4 Å². The number of rotatable bonds is 2. The molecule has 1 heterocycles. The number of urea groups is 1. The predicted octanol–water partition coefficient (Wildman–Crippen LogP) is -1.94. The van der Waals surface area contributed by atoms with Crippen molar-refractivity contribution in [3.8, 4) is 0 Å². The fraction of sp³-hybridized carbons (Fsp3) is 0.444. The highest BCUT2D eigenvalue weighted by Gasteiger charge is 2.22. The lowest BCUT2D eigenvalue weighted by atomic mass is 10.2. The van der Waals surface area contributed by atoms with Crippen LogP contribution < -0.4 is 29.2 Å². The SMILES string of the molecule is O=c1c2ccccc2nnn1O[O+]=C(N=C1CCCC1)N=C1CCCC1.[O-][Cl+3]([O-])([O-])[O-]. The maximum absolute atomic E-state index is 12.4. The summed E-state index contributed by atoms with van der Waals surface area (Å²) < 4.78 is 39.3. The molecule has 2 saturated carbocycles. The number of carbonyl (C=O) groups excluding carboxylic acids is 1. The molecule has 0 aliphatic heterocycles. The molecule has 0 saturated heterocycles. The van der Waals surface area contributed by atoms with Gasteiger partial charge >= 0.3 is 11.6 Å². The molecule has 0 spiro atoms. The van der Waals surface area contributed by atoms with Crippen molar-refractivity contribution >= 4 is 28.4 Å². The number of benzene rings is 1. The highest BCUT2D eigenvalue weighted by Crippen LogP contribution is 2.17. The van der Waals surface area contributed by atoms with E-state index >= 15 is 0 Å². The number of aromatic nitrogens is 3. The van der Waals surface area contributed by atoms with Crippen LogP contribution in [-0.4, -0.2) is 32.6 Å². The summed E-state index contributed by atoms with van der Waals surface area (Å²) in [5.41, 5.74) is 2.14. The average molecular weight is 454 g/mol. The number of fused-ring (bicyclic) bond motifs is 1. The van der Waals surface area contributed by atoms with Gasteiger partial charge in [-0.25, -0.2) is 18.6 Å². The minimum atomic E-state index is -4.94. The number of hydrogen-bond donors (Lipinski definition) is 0. The fourth-order valence-electron chi connectivity index (χ4n) is 3.21. The van der Waals surface area contributed by atoms with Crippen LogP contribution in [-0.2, 0) is 0 Å². The van der Waals surface area contributed by atoms with E-state index in [1.165, 1.54) is 0 Å². The van der Waals surface area contributed by atoms with E-state index < -0.39 is 15.8 Å². The fourth-order valence-corrected chi connectivity index (χ4v) is 3.21. The molecule has 0 radical (unpaired) electrons. The van der Waals surface area contributed by atoms with Crippen molar-refractivity contribution in [1.82, 2.24) is 15.2 Å². The van der Waals surface area contributed by atoms with Gasteiger partial charge in [0, 0.05) is 16.4 Å². The Morgan fingerprint density at radius 1 is 0.968 bits per heavy atom. The van der Waals surface area contributed by atoms with Crippen LogP contribution in [0.4, 0.5) is 4.58 Å². The summed E-state index contributed by atoms with van der Waals surface area (Å²) in [6.45, 7) is 0. The minimum absolute atomic E-state index is 0.126. The van der Waals surface area contributed by atoms with Gasteiger partial charge in [0.25, 0.3) is 0 Å². The van der Waals surface area contributed by atoms with Gasteiger partial charge in [-0.2, -0.15) is 0 Å². The summed E-state index contributed by atoms with van der Waals surface area (Å²) in [4.78, 5) is 27.2. The largest absolute Gasteiger partial charge is 0.640 e. The number of aliphatic imine (C=N–C) groups is 2. The van der Waals surface area contributed by atoms with Crippen LogP contribution in [0.5, 0.6) is 0 Å². The molecule has 2 fully saturated rings. The van der Waals surface area contributed by atoms with Crippen LogP contribution in [0.15, 0.2) is 39.0 Å². The molecule has 0 N–H and O–H groups in total. The molecule has 1 aromatic carbocycles. The van der Waals surface area contributed by atoms with Crippen molar-refractivity contribution in [2.24, 2.45) is 9.98 Å². The van der Waals surface area contributed by atoms with Gasteiger partial charge in [-0.1, -0.05) is 12.1 Å². The van der Waals surface area contributed by atoms with Gasteiger partial charge < -0.3 is 0 Å². The molecular formula is C18H20ClN5O7. The minimum Gasteiger partial charge on any atom is -0.263 e. The first-order valence-electron chi connectivity index (χ1n) is 9.61. The molecule has 13 heteroatoms. The van der Waals surface area contributed by atoms with Crippen LogP contribution in [0.2, 0.25) is 0 Å². The molecule has 2 amide bonds. The molecule has 0 atom stereocenters. The molecule has 0 unspecified atom stereocenters. The third-order valence-electron chi connectivity index (χ3n) is 4.59. The van der Waals surface area contributed by atoms with Gasteiger partial charge in [0.1, 0.15) is 10.1 Å². The summed E-state index contributed by atoms with van der Waals surface area (Å²) in [5.74, 6) is 0. The van der Waals surface area contributed by atoms with Crippen LogP contribution in [0.1, 0.15) is 51.4 Å². The lowest BCUT2D eigenvalue weighted by molar-refractivity contribution is -2.00. The van der Waals surface area contributed by atoms with Crippen molar-refractivity contribution in [3.05, 3.63) is 34.6 Å². The molecule has 4 rings (SSSR count). The van der Waals surface area contributed by atoms with Crippen LogP contribution in [0, 0.1) is 10.2 Å². The zero-order valence-corrected chi connectivity index (χ0v) is 17.2. The Morgan fingerprint density at radius 3 is 2.03 bits per heavy atom. The van der Waals surface area contributed by atoms with Gasteiger partial charge in [-0.3, -0.25) is 4.79 Å². The summed E-state index contributed by atoms with van der Waals surface area (Å²) >= 11 is 0. The smallest absolute Gasteiger partial charge is 0.263 e. The molecule has 31 heavy (non-hydrogen) atoms. The second-order valence-corrected chi connectivity index (χ2v) is 7.63. The van der Waals surface area contributed by atoms with E-state index in [1.54, 1.807) is 24.3 Å². The maximum Gasteiger partial charge on any atom is 0.640 e. The molecule has 1 aromatic heterocycles. The van der Waals surface area contributed by atoms with E-state index in [9.17, 15) is 4.79 Å². The first kappa shape index (κ1) is 22.9. The summed E-state index contributed by atoms with van der Waals surface area (Å²) in [6, 6.07) is 7.05. The predicted molar refractivity (Wildman–Crippen MR) is 97.6 cm³/mol. The Morgan fingerprint density at radius 2 is 1.48 bits per heavy atom. The maximum atomic E-state index is 12.4. The third kappa shape index (κ3) is 7.45. The molecule has 166 valence electrons. The lowest BCUT2D eigenvalue weighted by Gasteiger charge is -2.17. The van der Waals surface area contributed by atoms with E-state index in [0.29, 0.717) is 15.7 Å². The summed E-state index contributed by atoms with van der Waals surface area (Å²) in [7, 11) is -4.94. The van der Waals surface area contributed by atoms with Gasteiger partial charge in [0.2, 0.25) is 0 Å². The molecule has 12 nitrogen and oxygen atoms in total. The molecular weight excluding hydrogens is 434 g/mol. The number of halogens is 1. The summed E-state index contributed by atoms with van der Waals surface area (Å²) in [5, 5.41) is 8.09. The zero-order chi connectivity index (χ0) is 22.3. The Kier molecular flexibility index (Phi) is 7.76. The van der Waals surface area contributed by atoms with Gasteiger partial charge in [0.05, 0.1) is 10.2 Å². The Bertz CT molecular complexity index is 1010. The summed E-state index contributed by atoms with van der Waals surface area (Å²) in [6.07, 6.45) is 8.25. The van der Waals surface area contributed by atoms with E-state index in [4.69, 9.17) is 28.2 Å². The Balaban J connectivity index is 0.000000491. The molecule has 0 bridgehead atoms. The molecule has 2 aliphatic carbocycles. The Labute approximate surface area is 178 Å². The van der Waals surface area contributed by atoms with E-state index in [1.807, 2.05) is 0 Å². The standard InChI is InChI=1S/C18H20N5O3.ClHO4/c24-17-15-11-5-6-12-16(15)21-22-23(17)26-25-18(19-13-7-1-2-8-13)20-14-9-3-4-10-14;2-1(3,4)5/h5-6,11-12H,1-4,7-10H2;(H,2,3,4,5)/q+1;/p-1. The second kappa shape index (κ2) is 10.5. The van der Waals surface area contributed by atoms with E-state index in [-0.39, 0.29) is 6.03 Å². The van der Waals surface area contributed by atoms with E-state index in [2.05, 4.69) is 20.3 Å². The number of amides is 2. The van der Waals surface area contributed by atoms with Crippen molar-refractivity contribution in [2.75, 3.05) is 0 Å². The van der Waals surface area contributed by atoms with E-state index in [0.717, 1.165) is 62.8 Å². The number of nitrogens with zero attached hydrogens (tertiary/aromatic N) is 5. The van der Waals surface area contributed by atoms with Gasteiger partial charge in [0.15, 0.2) is 0 Å². The van der Waals surface area contributed by atoms with Crippen LogP contribution in [0.25, 0.3) is 10.9 Å². The van der Waals surface area contributed by atoms with Crippen molar-refractivity contribution in [1.29, 1.82) is 0 Å². The molecule has 2 aliphatic rings.